The van der Waals surface area contributed by atoms with E-state index in [9.17, 15) is 8.42 Å². The molecular weight excluding hydrogens is 262 g/mol. The van der Waals surface area contributed by atoms with E-state index in [4.69, 9.17) is 5.14 Å². The number of aromatic nitrogens is 1. The molecule has 0 amide bonds. The van der Waals surface area contributed by atoms with Gasteiger partial charge < -0.3 is 9.88 Å². The number of aryl methyl sites for hydroxylation is 1. The molecule has 0 aliphatic heterocycles. The van der Waals surface area contributed by atoms with Crippen molar-refractivity contribution in [2.75, 3.05) is 5.32 Å². The quantitative estimate of drug-likeness (QED) is 0.892. The van der Waals surface area contributed by atoms with Crippen LogP contribution in [0.3, 0.4) is 0 Å². The molecule has 0 fully saturated rings. The molecule has 6 heteroatoms. The van der Waals surface area contributed by atoms with Gasteiger partial charge in [0.05, 0.1) is 11.4 Å². The van der Waals surface area contributed by atoms with Crippen LogP contribution >= 0.6 is 0 Å². The third-order valence-electron chi connectivity index (χ3n) is 3.10. The van der Waals surface area contributed by atoms with Crippen molar-refractivity contribution >= 4 is 15.7 Å². The van der Waals surface area contributed by atoms with E-state index < -0.39 is 10.0 Å². The normalized spacial score (nSPS) is 11.5. The summed E-state index contributed by atoms with van der Waals surface area (Å²) in [4.78, 5) is 0.157. The number of nitrogens with two attached hydrogens (primary N) is 1. The Balaban J connectivity index is 2.25. The maximum Gasteiger partial charge on any atom is 0.238 e. The number of benzene rings is 1. The van der Waals surface area contributed by atoms with Gasteiger partial charge in [0.2, 0.25) is 10.0 Å². The lowest BCUT2D eigenvalue weighted by Crippen LogP contribution is -2.15. The Morgan fingerprint density at radius 1 is 1.26 bits per heavy atom. The molecule has 5 nitrogen and oxygen atoms in total. The van der Waals surface area contributed by atoms with Gasteiger partial charge in [-0.25, -0.2) is 13.6 Å². The summed E-state index contributed by atoms with van der Waals surface area (Å²) < 4.78 is 24.9. The van der Waals surface area contributed by atoms with Crippen molar-refractivity contribution in [1.82, 2.24) is 4.57 Å². The lowest BCUT2D eigenvalue weighted by molar-refractivity contribution is 0.597. The van der Waals surface area contributed by atoms with Crippen LogP contribution in [-0.2, 0) is 23.6 Å². The Labute approximate surface area is 113 Å². The van der Waals surface area contributed by atoms with Crippen LogP contribution in [-0.4, -0.2) is 13.0 Å². The van der Waals surface area contributed by atoms with E-state index in [0.29, 0.717) is 12.1 Å². The second kappa shape index (κ2) is 5.07. The first-order valence-electron chi connectivity index (χ1n) is 5.86. The molecule has 2 aromatic rings. The van der Waals surface area contributed by atoms with E-state index in [0.717, 1.165) is 11.4 Å². The summed E-state index contributed by atoms with van der Waals surface area (Å²) in [6.07, 6.45) is 1.96. The molecule has 3 N–H and O–H groups in total. The van der Waals surface area contributed by atoms with Crippen LogP contribution in [0.25, 0.3) is 0 Å². The monoisotopic (exact) mass is 279 g/mol. The highest BCUT2D eigenvalue weighted by Gasteiger charge is 2.13. The smallest absolute Gasteiger partial charge is 0.238 e. The minimum atomic E-state index is -3.68. The van der Waals surface area contributed by atoms with E-state index in [2.05, 4.69) is 5.32 Å². The first-order chi connectivity index (χ1) is 8.89. The fourth-order valence-electron chi connectivity index (χ4n) is 1.98. The maximum atomic E-state index is 11.4. The Kier molecular flexibility index (Phi) is 3.64. The average Bonchev–Trinajstić information content (AvgIpc) is 2.72. The van der Waals surface area contributed by atoms with Crippen molar-refractivity contribution < 1.29 is 8.42 Å². The zero-order chi connectivity index (χ0) is 14.0. The Morgan fingerprint density at radius 3 is 2.58 bits per heavy atom. The minimum Gasteiger partial charge on any atom is -0.379 e. The number of hydrogen-bond donors (Lipinski definition) is 2. The van der Waals surface area contributed by atoms with E-state index in [1.165, 1.54) is 6.07 Å². The second-order valence-electron chi connectivity index (χ2n) is 4.44. The van der Waals surface area contributed by atoms with Gasteiger partial charge in [-0.1, -0.05) is 6.07 Å². The summed E-state index contributed by atoms with van der Waals surface area (Å²) in [5.41, 5.74) is 2.52. The van der Waals surface area contributed by atoms with E-state index >= 15 is 0 Å². The first-order valence-corrected chi connectivity index (χ1v) is 7.40. The summed E-state index contributed by atoms with van der Waals surface area (Å²) in [7, 11) is -1.72. The fourth-order valence-corrected chi connectivity index (χ4v) is 2.79. The van der Waals surface area contributed by atoms with Crippen molar-refractivity contribution in [3.05, 3.63) is 47.8 Å². The first kappa shape index (κ1) is 13.6. The van der Waals surface area contributed by atoms with Crippen molar-refractivity contribution in [1.29, 1.82) is 0 Å². The molecule has 102 valence electrons. The SMILES string of the molecule is Cc1c(NCc2cccn2C)cccc1S(N)(=O)=O. The van der Waals surface area contributed by atoms with Gasteiger partial charge in [-0.2, -0.15) is 0 Å². The molecule has 2 rings (SSSR count). The largest absolute Gasteiger partial charge is 0.379 e. The number of rotatable bonds is 4. The Hall–Kier alpha value is -1.79. The predicted octanol–water partition coefficient (Wildman–Crippen LogP) is 1.59. The van der Waals surface area contributed by atoms with Crippen molar-refractivity contribution in [2.45, 2.75) is 18.4 Å². The van der Waals surface area contributed by atoms with E-state index in [1.54, 1.807) is 13.0 Å². The molecule has 0 bridgehead atoms. The number of sulfonamides is 1. The summed E-state index contributed by atoms with van der Waals surface area (Å²) in [6.45, 7) is 2.37. The third kappa shape index (κ3) is 2.97. The van der Waals surface area contributed by atoms with Gasteiger partial charge in [0.25, 0.3) is 0 Å². The van der Waals surface area contributed by atoms with Crippen LogP contribution in [0.4, 0.5) is 5.69 Å². The molecule has 19 heavy (non-hydrogen) atoms. The van der Waals surface area contributed by atoms with Crippen molar-refractivity contribution in [3.63, 3.8) is 0 Å². The predicted molar refractivity (Wildman–Crippen MR) is 75.3 cm³/mol. The molecule has 0 unspecified atom stereocenters. The highest BCUT2D eigenvalue weighted by atomic mass is 32.2. The summed E-state index contributed by atoms with van der Waals surface area (Å²) in [5.74, 6) is 0. The number of hydrogen-bond acceptors (Lipinski definition) is 3. The van der Waals surface area contributed by atoms with Gasteiger partial charge in [0, 0.05) is 24.6 Å². The summed E-state index contributed by atoms with van der Waals surface area (Å²) in [5, 5.41) is 8.41. The summed E-state index contributed by atoms with van der Waals surface area (Å²) >= 11 is 0. The molecule has 0 spiro atoms. The zero-order valence-electron chi connectivity index (χ0n) is 10.9. The molecule has 1 aromatic carbocycles. The van der Waals surface area contributed by atoms with Crippen LogP contribution < -0.4 is 10.5 Å². The zero-order valence-corrected chi connectivity index (χ0v) is 11.7. The minimum absolute atomic E-state index is 0.157. The van der Waals surface area contributed by atoms with Crippen LogP contribution in [0, 0.1) is 6.92 Å². The molecular formula is C13H17N3O2S. The number of primary sulfonamides is 1. The third-order valence-corrected chi connectivity index (χ3v) is 4.16. The van der Waals surface area contributed by atoms with E-state index in [-0.39, 0.29) is 4.90 Å². The van der Waals surface area contributed by atoms with E-state index in [1.807, 2.05) is 36.0 Å². The fraction of sp³-hybridized carbons (Fsp3) is 0.231. The second-order valence-corrected chi connectivity index (χ2v) is 5.97. The van der Waals surface area contributed by atoms with Gasteiger partial charge in [-0.3, -0.25) is 0 Å². The van der Waals surface area contributed by atoms with Gasteiger partial charge in [0.15, 0.2) is 0 Å². The summed E-state index contributed by atoms with van der Waals surface area (Å²) in [6, 6.07) is 9.00. The van der Waals surface area contributed by atoms with Crippen molar-refractivity contribution in [2.24, 2.45) is 12.2 Å². The van der Waals surface area contributed by atoms with Crippen LogP contribution in [0.1, 0.15) is 11.3 Å². The average molecular weight is 279 g/mol. The van der Waals surface area contributed by atoms with Crippen molar-refractivity contribution in [3.8, 4) is 0 Å². The number of anilines is 1. The number of nitrogens with one attached hydrogen (secondary N) is 1. The lowest BCUT2D eigenvalue weighted by Gasteiger charge is -2.12. The van der Waals surface area contributed by atoms with Crippen LogP contribution in [0.5, 0.6) is 0 Å². The van der Waals surface area contributed by atoms with Gasteiger partial charge >= 0.3 is 0 Å². The molecule has 1 heterocycles. The van der Waals surface area contributed by atoms with Crippen LogP contribution in [0.15, 0.2) is 41.4 Å². The Morgan fingerprint density at radius 2 is 2.00 bits per heavy atom. The van der Waals surface area contributed by atoms with Gasteiger partial charge in [0.1, 0.15) is 0 Å². The number of nitrogens with zero attached hydrogens (tertiary/aromatic N) is 1. The maximum absolute atomic E-state index is 11.4. The molecule has 0 atom stereocenters. The van der Waals surface area contributed by atoms with Crippen LogP contribution in [0.2, 0.25) is 0 Å². The Bertz CT molecular complexity index is 690. The standard InChI is InChI=1S/C13H17N3O2S/c1-10-12(6-3-7-13(10)19(14,17)18)15-9-11-5-4-8-16(11)2/h3-8,15H,9H2,1-2H3,(H2,14,17,18). The molecule has 0 aliphatic rings. The molecule has 0 saturated carbocycles. The molecule has 0 radical (unpaired) electrons. The molecule has 0 aliphatic carbocycles. The molecule has 0 saturated heterocycles. The highest BCUT2D eigenvalue weighted by Crippen LogP contribution is 2.22. The highest BCUT2D eigenvalue weighted by molar-refractivity contribution is 7.89. The lowest BCUT2D eigenvalue weighted by atomic mass is 10.2. The van der Waals surface area contributed by atoms with Gasteiger partial charge in [-0.15, -0.1) is 0 Å². The van der Waals surface area contributed by atoms with Gasteiger partial charge in [-0.05, 0) is 36.8 Å². The topological polar surface area (TPSA) is 77.1 Å². The molecule has 1 aromatic heterocycles.